The number of piperazine rings is 1. The van der Waals surface area contributed by atoms with Crippen molar-refractivity contribution < 1.29 is 9.90 Å². The predicted molar refractivity (Wildman–Crippen MR) is 110 cm³/mol. The number of hydrogen-bond acceptors (Lipinski definition) is 4. The first kappa shape index (κ1) is 19.2. The Morgan fingerprint density at radius 1 is 0.889 bits per heavy atom. The molecular weight excluding hydrogens is 338 g/mol. The van der Waals surface area contributed by atoms with Gasteiger partial charge in [0, 0.05) is 44.0 Å². The topological polar surface area (TPSA) is 55.8 Å². The smallest absolute Gasteiger partial charge is 0.224 e. The van der Waals surface area contributed by atoms with E-state index in [9.17, 15) is 9.90 Å². The van der Waals surface area contributed by atoms with Gasteiger partial charge in [-0.3, -0.25) is 9.69 Å². The first-order valence-corrected chi connectivity index (χ1v) is 9.82. The maximum Gasteiger partial charge on any atom is 0.224 e. The fourth-order valence-electron chi connectivity index (χ4n) is 3.43. The molecule has 0 saturated carbocycles. The van der Waals surface area contributed by atoms with Gasteiger partial charge in [0.1, 0.15) is 5.75 Å². The van der Waals surface area contributed by atoms with E-state index in [1.165, 1.54) is 5.69 Å². The molecule has 144 valence electrons. The number of aromatic hydroxyl groups is 1. The lowest BCUT2D eigenvalue weighted by molar-refractivity contribution is -0.116. The summed E-state index contributed by atoms with van der Waals surface area (Å²) in [6, 6.07) is 17.2. The Morgan fingerprint density at radius 2 is 1.59 bits per heavy atom. The van der Waals surface area contributed by atoms with E-state index in [0.717, 1.165) is 57.7 Å². The van der Waals surface area contributed by atoms with Gasteiger partial charge in [0.15, 0.2) is 0 Å². The Labute approximate surface area is 161 Å². The van der Waals surface area contributed by atoms with Crippen LogP contribution >= 0.6 is 0 Å². The number of carbonyl (C=O) groups is 1. The molecule has 0 aromatic heterocycles. The van der Waals surface area contributed by atoms with Crippen LogP contribution in [0.15, 0.2) is 54.6 Å². The fraction of sp³-hybridized carbons (Fsp3) is 0.409. The summed E-state index contributed by atoms with van der Waals surface area (Å²) in [5, 5.41) is 12.1. The SMILES string of the molecule is O=C(CCCCCN1CCN(c2ccccc2)CC1)Nc1ccc(O)cc1. The van der Waals surface area contributed by atoms with Gasteiger partial charge in [0.25, 0.3) is 0 Å². The second-order valence-corrected chi connectivity index (χ2v) is 7.07. The highest BCUT2D eigenvalue weighted by atomic mass is 16.3. The molecule has 1 amide bonds. The Hall–Kier alpha value is -2.53. The van der Waals surface area contributed by atoms with Crippen molar-refractivity contribution in [2.75, 3.05) is 42.9 Å². The summed E-state index contributed by atoms with van der Waals surface area (Å²) >= 11 is 0. The molecule has 1 saturated heterocycles. The summed E-state index contributed by atoms with van der Waals surface area (Å²) in [6.07, 6.45) is 3.66. The van der Waals surface area contributed by atoms with Gasteiger partial charge in [-0.25, -0.2) is 0 Å². The van der Waals surface area contributed by atoms with Crippen molar-refractivity contribution in [1.29, 1.82) is 0 Å². The first-order valence-electron chi connectivity index (χ1n) is 9.82. The van der Waals surface area contributed by atoms with Crippen molar-refractivity contribution in [3.8, 4) is 5.75 Å². The monoisotopic (exact) mass is 367 g/mol. The molecule has 0 spiro atoms. The fourth-order valence-corrected chi connectivity index (χ4v) is 3.43. The highest BCUT2D eigenvalue weighted by Gasteiger charge is 2.16. The first-order chi connectivity index (χ1) is 13.2. The van der Waals surface area contributed by atoms with Crippen molar-refractivity contribution in [2.24, 2.45) is 0 Å². The number of phenolic OH excluding ortho intramolecular Hbond substituents is 1. The van der Waals surface area contributed by atoms with E-state index in [4.69, 9.17) is 0 Å². The third kappa shape index (κ3) is 6.29. The van der Waals surface area contributed by atoms with Gasteiger partial charge in [-0.15, -0.1) is 0 Å². The van der Waals surface area contributed by atoms with Crippen molar-refractivity contribution >= 4 is 17.3 Å². The zero-order valence-corrected chi connectivity index (χ0v) is 15.8. The molecule has 3 rings (SSSR count). The van der Waals surface area contributed by atoms with E-state index in [2.05, 4.69) is 45.4 Å². The number of hydrogen-bond donors (Lipinski definition) is 2. The number of carbonyl (C=O) groups excluding carboxylic acids is 1. The summed E-state index contributed by atoms with van der Waals surface area (Å²) in [7, 11) is 0. The predicted octanol–water partition coefficient (Wildman–Crippen LogP) is 3.71. The summed E-state index contributed by atoms with van der Waals surface area (Å²) in [5.74, 6) is 0.245. The third-order valence-electron chi connectivity index (χ3n) is 5.02. The van der Waals surface area contributed by atoms with E-state index in [1.807, 2.05) is 0 Å². The number of phenols is 1. The number of nitrogens with one attached hydrogen (secondary N) is 1. The molecule has 2 aromatic rings. The molecule has 1 aliphatic heterocycles. The molecule has 1 fully saturated rings. The Kier molecular flexibility index (Phi) is 7.11. The molecular formula is C22H29N3O2. The largest absolute Gasteiger partial charge is 0.508 e. The second kappa shape index (κ2) is 9.97. The summed E-state index contributed by atoms with van der Waals surface area (Å²) in [6.45, 7) is 5.49. The Morgan fingerprint density at radius 3 is 2.30 bits per heavy atom. The molecule has 0 radical (unpaired) electrons. The van der Waals surface area contributed by atoms with Crippen LogP contribution in [-0.4, -0.2) is 48.6 Å². The Balaban J connectivity index is 1.25. The molecule has 0 aliphatic carbocycles. The van der Waals surface area contributed by atoms with Gasteiger partial charge < -0.3 is 15.3 Å². The van der Waals surface area contributed by atoms with Crippen LogP contribution < -0.4 is 10.2 Å². The molecule has 5 heteroatoms. The maximum absolute atomic E-state index is 11.9. The molecule has 0 unspecified atom stereocenters. The number of nitrogens with zero attached hydrogens (tertiary/aromatic N) is 2. The van der Waals surface area contributed by atoms with Crippen LogP contribution in [0.4, 0.5) is 11.4 Å². The minimum Gasteiger partial charge on any atom is -0.508 e. The number of benzene rings is 2. The minimum absolute atomic E-state index is 0.0390. The molecule has 2 N–H and O–H groups in total. The summed E-state index contributed by atoms with van der Waals surface area (Å²) in [4.78, 5) is 16.9. The van der Waals surface area contributed by atoms with Gasteiger partial charge >= 0.3 is 0 Å². The average molecular weight is 367 g/mol. The molecule has 0 bridgehead atoms. The van der Waals surface area contributed by atoms with Gasteiger partial charge in [0.2, 0.25) is 5.91 Å². The van der Waals surface area contributed by atoms with Crippen molar-refractivity contribution in [3.63, 3.8) is 0 Å². The van der Waals surface area contributed by atoms with Crippen molar-refractivity contribution in [2.45, 2.75) is 25.7 Å². The summed E-state index contributed by atoms with van der Waals surface area (Å²) < 4.78 is 0. The quantitative estimate of drug-likeness (QED) is 0.552. The zero-order valence-electron chi connectivity index (χ0n) is 15.8. The lowest BCUT2D eigenvalue weighted by Gasteiger charge is -2.36. The van der Waals surface area contributed by atoms with Crippen LogP contribution in [0.2, 0.25) is 0 Å². The van der Waals surface area contributed by atoms with Gasteiger partial charge in [-0.1, -0.05) is 24.6 Å². The number of para-hydroxylation sites is 1. The van der Waals surface area contributed by atoms with Crippen LogP contribution in [0.3, 0.4) is 0 Å². The molecule has 1 heterocycles. The lowest BCUT2D eigenvalue weighted by atomic mass is 10.1. The number of amides is 1. The second-order valence-electron chi connectivity index (χ2n) is 7.07. The number of unbranched alkanes of at least 4 members (excludes halogenated alkanes) is 2. The maximum atomic E-state index is 11.9. The van der Waals surface area contributed by atoms with Crippen LogP contribution in [-0.2, 0) is 4.79 Å². The van der Waals surface area contributed by atoms with Crippen molar-refractivity contribution in [3.05, 3.63) is 54.6 Å². The standard InChI is InChI=1S/C22H29N3O2/c26-21-12-10-19(11-13-21)23-22(27)9-5-2-6-14-24-15-17-25(18-16-24)20-7-3-1-4-8-20/h1,3-4,7-8,10-13,26H,2,5-6,9,14-18H2,(H,23,27). The molecule has 5 nitrogen and oxygen atoms in total. The van der Waals surface area contributed by atoms with E-state index >= 15 is 0 Å². The highest BCUT2D eigenvalue weighted by molar-refractivity contribution is 5.90. The summed E-state index contributed by atoms with van der Waals surface area (Å²) in [5.41, 5.74) is 2.05. The van der Waals surface area contributed by atoms with E-state index in [1.54, 1.807) is 24.3 Å². The lowest BCUT2D eigenvalue weighted by Crippen LogP contribution is -2.46. The Bertz CT molecular complexity index is 695. The van der Waals surface area contributed by atoms with Crippen LogP contribution in [0.25, 0.3) is 0 Å². The van der Waals surface area contributed by atoms with Gasteiger partial charge in [-0.05, 0) is 55.8 Å². The van der Waals surface area contributed by atoms with Crippen LogP contribution in [0, 0.1) is 0 Å². The minimum atomic E-state index is 0.0390. The molecule has 1 aliphatic rings. The number of anilines is 2. The number of rotatable bonds is 8. The average Bonchev–Trinajstić information content (AvgIpc) is 2.71. The normalized spacial score (nSPS) is 14.9. The third-order valence-corrected chi connectivity index (χ3v) is 5.02. The molecule has 27 heavy (non-hydrogen) atoms. The van der Waals surface area contributed by atoms with Crippen LogP contribution in [0.1, 0.15) is 25.7 Å². The molecule has 2 aromatic carbocycles. The highest BCUT2D eigenvalue weighted by Crippen LogP contribution is 2.16. The zero-order chi connectivity index (χ0) is 18.9. The molecule has 0 atom stereocenters. The van der Waals surface area contributed by atoms with Crippen molar-refractivity contribution in [1.82, 2.24) is 4.90 Å². The van der Waals surface area contributed by atoms with Crippen LogP contribution in [0.5, 0.6) is 5.75 Å². The van der Waals surface area contributed by atoms with E-state index in [-0.39, 0.29) is 11.7 Å². The van der Waals surface area contributed by atoms with Gasteiger partial charge in [-0.2, -0.15) is 0 Å². The van der Waals surface area contributed by atoms with Gasteiger partial charge in [0.05, 0.1) is 0 Å². The van der Waals surface area contributed by atoms with E-state index < -0.39 is 0 Å². The van der Waals surface area contributed by atoms with E-state index in [0.29, 0.717) is 6.42 Å².